The minimum Gasteiger partial charge on any atom is -0.345 e. The second-order valence-corrected chi connectivity index (χ2v) is 4.10. The molecule has 84 valence electrons. The number of imidazole rings is 1. The summed E-state index contributed by atoms with van der Waals surface area (Å²) >= 11 is 0. The lowest BCUT2D eigenvalue weighted by Crippen LogP contribution is -2.10. The summed E-state index contributed by atoms with van der Waals surface area (Å²) in [5.74, 6) is 1.25. The number of nitrogens with zero attached hydrogens (tertiary/aromatic N) is 1. The van der Waals surface area contributed by atoms with E-state index >= 15 is 0 Å². The first-order valence-corrected chi connectivity index (χ1v) is 5.54. The Kier molecular flexibility index (Phi) is 3.06. The molecule has 1 aromatic carbocycles. The highest BCUT2D eigenvalue weighted by Crippen LogP contribution is 2.23. The Morgan fingerprint density at radius 2 is 2.00 bits per heavy atom. The number of nitrogens with one attached hydrogen (secondary N) is 1. The van der Waals surface area contributed by atoms with Crippen LogP contribution in [0, 0.1) is 6.92 Å². The van der Waals surface area contributed by atoms with E-state index in [1.165, 1.54) is 0 Å². The Balaban J connectivity index is 2.40. The first-order chi connectivity index (χ1) is 7.72. The molecule has 0 amide bonds. The van der Waals surface area contributed by atoms with Crippen molar-refractivity contribution in [2.75, 3.05) is 6.54 Å². The number of nitrogens with two attached hydrogens (primary N) is 1. The van der Waals surface area contributed by atoms with Crippen LogP contribution in [-0.4, -0.2) is 16.5 Å². The van der Waals surface area contributed by atoms with Crippen molar-refractivity contribution in [1.29, 1.82) is 0 Å². The number of benzene rings is 1. The van der Waals surface area contributed by atoms with Gasteiger partial charge in [-0.3, -0.25) is 0 Å². The van der Waals surface area contributed by atoms with Gasteiger partial charge in [-0.25, -0.2) is 4.98 Å². The zero-order chi connectivity index (χ0) is 11.5. The minimum atomic E-state index is 0.274. The quantitative estimate of drug-likeness (QED) is 0.826. The molecule has 3 N–H and O–H groups in total. The molecular weight excluding hydrogens is 198 g/mol. The van der Waals surface area contributed by atoms with Crippen molar-refractivity contribution in [1.82, 2.24) is 9.97 Å². The maximum absolute atomic E-state index is 5.64. The molecule has 16 heavy (non-hydrogen) atoms. The van der Waals surface area contributed by atoms with Crippen LogP contribution in [0.3, 0.4) is 0 Å². The lowest BCUT2D eigenvalue weighted by Gasteiger charge is -2.02. The summed E-state index contributed by atoms with van der Waals surface area (Å²) in [6.45, 7) is 4.73. The highest BCUT2D eigenvalue weighted by molar-refractivity contribution is 5.61. The molecule has 0 aliphatic carbocycles. The molecule has 0 aliphatic rings. The van der Waals surface area contributed by atoms with Crippen LogP contribution in [0.5, 0.6) is 0 Å². The third-order valence-electron chi connectivity index (χ3n) is 2.77. The van der Waals surface area contributed by atoms with Crippen molar-refractivity contribution in [2.24, 2.45) is 5.73 Å². The molecule has 3 nitrogen and oxygen atoms in total. The number of aryl methyl sites for hydroxylation is 1. The van der Waals surface area contributed by atoms with Gasteiger partial charge >= 0.3 is 0 Å². The predicted octanol–water partition coefficient (Wildman–Crippen LogP) is 2.45. The third-order valence-corrected chi connectivity index (χ3v) is 2.77. The van der Waals surface area contributed by atoms with Gasteiger partial charge < -0.3 is 10.7 Å². The predicted molar refractivity (Wildman–Crippen MR) is 66.2 cm³/mol. The molecule has 2 aromatic rings. The average molecular weight is 215 g/mol. The number of hydrogen-bond donors (Lipinski definition) is 2. The Bertz CT molecular complexity index is 459. The standard InChI is InChI=1S/C13H17N3/c1-9(8-14)13-15-10(2)12(16-13)11-6-4-3-5-7-11/h3-7,9H,8,14H2,1-2H3,(H,15,16). The molecule has 0 aliphatic heterocycles. The van der Waals surface area contributed by atoms with Gasteiger partial charge in [-0.1, -0.05) is 37.3 Å². The molecule has 0 saturated carbocycles. The zero-order valence-corrected chi connectivity index (χ0v) is 9.70. The molecule has 0 fully saturated rings. The van der Waals surface area contributed by atoms with E-state index in [1.807, 2.05) is 25.1 Å². The van der Waals surface area contributed by atoms with E-state index in [2.05, 4.69) is 29.0 Å². The highest BCUT2D eigenvalue weighted by atomic mass is 14.9. The highest BCUT2D eigenvalue weighted by Gasteiger charge is 2.12. The number of rotatable bonds is 3. The summed E-state index contributed by atoms with van der Waals surface area (Å²) in [4.78, 5) is 7.92. The van der Waals surface area contributed by atoms with E-state index in [0.29, 0.717) is 6.54 Å². The molecular formula is C13H17N3. The van der Waals surface area contributed by atoms with Crippen molar-refractivity contribution < 1.29 is 0 Å². The monoisotopic (exact) mass is 215 g/mol. The zero-order valence-electron chi connectivity index (χ0n) is 9.70. The molecule has 1 aromatic heterocycles. The first-order valence-electron chi connectivity index (χ1n) is 5.54. The second kappa shape index (κ2) is 4.49. The Labute approximate surface area is 95.7 Å². The summed E-state index contributed by atoms with van der Waals surface area (Å²) in [7, 11) is 0. The van der Waals surface area contributed by atoms with E-state index < -0.39 is 0 Å². The fraction of sp³-hybridized carbons (Fsp3) is 0.308. The van der Waals surface area contributed by atoms with Gasteiger partial charge in [0.05, 0.1) is 5.69 Å². The minimum absolute atomic E-state index is 0.274. The molecule has 0 bridgehead atoms. The van der Waals surface area contributed by atoms with Crippen molar-refractivity contribution in [3.05, 3.63) is 41.9 Å². The normalized spacial score (nSPS) is 12.7. The lowest BCUT2D eigenvalue weighted by molar-refractivity contribution is 0.723. The van der Waals surface area contributed by atoms with Crippen LogP contribution in [0.25, 0.3) is 11.3 Å². The lowest BCUT2D eigenvalue weighted by atomic mass is 10.1. The van der Waals surface area contributed by atoms with Crippen LogP contribution in [0.15, 0.2) is 30.3 Å². The molecule has 1 heterocycles. The average Bonchev–Trinajstić information content (AvgIpc) is 2.71. The summed E-state index contributed by atoms with van der Waals surface area (Å²) in [6, 6.07) is 10.2. The molecule has 0 saturated heterocycles. The van der Waals surface area contributed by atoms with Gasteiger partial charge in [0.15, 0.2) is 0 Å². The Morgan fingerprint density at radius 3 is 2.62 bits per heavy atom. The SMILES string of the molecule is Cc1[nH]c(C(C)CN)nc1-c1ccccc1. The van der Waals surface area contributed by atoms with Gasteiger partial charge in [0.2, 0.25) is 0 Å². The smallest absolute Gasteiger partial charge is 0.111 e. The van der Waals surface area contributed by atoms with Crippen molar-refractivity contribution >= 4 is 0 Å². The number of aromatic amines is 1. The van der Waals surface area contributed by atoms with E-state index in [1.54, 1.807) is 0 Å². The van der Waals surface area contributed by atoms with Crippen LogP contribution in [0.2, 0.25) is 0 Å². The summed E-state index contributed by atoms with van der Waals surface area (Å²) < 4.78 is 0. The third kappa shape index (κ3) is 1.99. The van der Waals surface area contributed by atoms with Crippen molar-refractivity contribution in [3.63, 3.8) is 0 Å². The maximum atomic E-state index is 5.64. The van der Waals surface area contributed by atoms with Gasteiger partial charge in [0.25, 0.3) is 0 Å². The Morgan fingerprint density at radius 1 is 1.31 bits per heavy atom. The van der Waals surface area contributed by atoms with Gasteiger partial charge in [-0.15, -0.1) is 0 Å². The van der Waals surface area contributed by atoms with Crippen molar-refractivity contribution in [2.45, 2.75) is 19.8 Å². The van der Waals surface area contributed by atoms with Crippen LogP contribution in [-0.2, 0) is 0 Å². The van der Waals surface area contributed by atoms with E-state index in [0.717, 1.165) is 22.8 Å². The molecule has 0 spiro atoms. The molecule has 1 atom stereocenters. The largest absolute Gasteiger partial charge is 0.345 e. The van der Waals surface area contributed by atoms with Gasteiger partial charge in [0.1, 0.15) is 5.82 Å². The molecule has 2 rings (SSSR count). The van der Waals surface area contributed by atoms with Crippen LogP contribution in [0.4, 0.5) is 0 Å². The van der Waals surface area contributed by atoms with Gasteiger partial charge in [-0.2, -0.15) is 0 Å². The summed E-state index contributed by atoms with van der Waals surface area (Å²) in [5.41, 5.74) is 8.91. The molecule has 1 unspecified atom stereocenters. The Hall–Kier alpha value is -1.61. The maximum Gasteiger partial charge on any atom is 0.111 e. The number of aromatic nitrogens is 2. The van der Waals surface area contributed by atoms with E-state index in [9.17, 15) is 0 Å². The fourth-order valence-electron chi connectivity index (χ4n) is 1.71. The number of hydrogen-bond acceptors (Lipinski definition) is 2. The molecule has 0 radical (unpaired) electrons. The van der Waals surface area contributed by atoms with Gasteiger partial charge in [-0.05, 0) is 6.92 Å². The van der Waals surface area contributed by atoms with Crippen LogP contribution >= 0.6 is 0 Å². The van der Waals surface area contributed by atoms with Crippen molar-refractivity contribution in [3.8, 4) is 11.3 Å². The summed E-state index contributed by atoms with van der Waals surface area (Å²) in [6.07, 6.45) is 0. The fourth-order valence-corrected chi connectivity index (χ4v) is 1.71. The molecule has 3 heteroatoms. The summed E-state index contributed by atoms with van der Waals surface area (Å²) in [5, 5.41) is 0. The van der Waals surface area contributed by atoms with Gasteiger partial charge in [0, 0.05) is 23.7 Å². The number of H-pyrrole nitrogens is 1. The van der Waals surface area contributed by atoms with E-state index in [4.69, 9.17) is 5.73 Å². The van der Waals surface area contributed by atoms with Crippen LogP contribution in [0.1, 0.15) is 24.4 Å². The topological polar surface area (TPSA) is 54.7 Å². The first kappa shape index (κ1) is 10.9. The van der Waals surface area contributed by atoms with E-state index in [-0.39, 0.29) is 5.92 Å². The van der Waals surface area contributed by atoms with Crippen LogP contribution < -0.4 is 5.73 Å². The second-order valence-electron chi connectivity index (χ2n) is 4.10.